The highest BCUT2D eigenvalue weighted by Crippen LogP contribution is 2.13. The molecule has 1 atom stereocenters. The van der Waals surface area contributed by atoms with Crippen LogP contribution in [0.5, 0.6) is 0 Å². The highest BCUT2D eigenvalue weighted by molar-refractivity contribution is 5.57. The molecule has 0 spiro atoms. The molecule has 0 radical (unpaired) electrons. The van der Waals surface area contributed by atoms with Crippen LogP contribution in [0, 0.1) is 0 Å². The first-order valence-electron chi connectivity index (χ1n) is 7.66. The molecule has 0 bridgehead atoms. The maximum atomic E-state index is 10.5. The van der Waals surface area contributed by atoms with Crippen molar-refractivity contribution in [2.75, 3.05) is 0 Å². The Morgan fingerprint density at radius 1 is 1.10 bits per heavy atom. The number of unbranched alkanes of at least 4 members (excludes halogenated alkanes) is 4. The molecule has 112 valence electrons. The molecule has 0 aliphatic rings. The van der Waals surface area contributed by atoms with Crippen LogP contribution in [0.15, 0.2) is 30.3 Å². The molecule has 20 heavy (non-hydrogen) atoms. The Labute approximate surface area is 122 Å². The van der Waals surface area contributed by atoms with E-state index >= 15 is 0 Å². The third-order valence-electron chi connectivity index (χ3n) is 3.56. The van der Waals surface area contributed by atoms with E-state index in [1.165, 1.54) is 24.8 Å². The van der Waals surface area contributed by atoms with Gasteiger partial charge in [-0.25, -0.2) is 4.79 Å². The van der Waals surface area contributed by atoms with Gasteiger partial charge in [0.05, 0.1) is 0 Å². The minimum Gasteiger partial charge on any atom is -0.450 e. The minimum atomic E-state index is -1.15. The first kappa shape index (κ1) is 16.5. The van der Waals surface area contributed by atoms with E-state index in [0.29, 0.717) is 0 Å². The summed E-state index contributed by atoms with van der Waals surface area (Å²) in [6.45, 7) is 1.97. The third kappa shape index (κ3) is 7.82. The summed E-state index contributed by atoms with van der Waals surface area (Å²) in [5.74, 6) is 0. The Hall–Kier alpha value is -1.51. The lowest BCUT2D eigenvalue weighted by molar-refractivity contribution is 0.0454. The molecule has 0 saturated heterocycles. The van der Waals surface area contributed by atoms with E-state index in [1.807, 2.05) is 13.0 Å². The van der Waals surface area contributed by atoms with Crippen molar-refractivity contribution in [1.29, 1.82) is 0 Å². The molecule has 1 aromatic carbocycles. The van der Waals surface area contributed by atoms with E-state index in [0.717, 1.165) is 32.1 Å². The quantitative estimate of drug-likeness (QED) is 0.481. The van der Waals surface area contributed by atoms with Gasteiger partial charge in [-0.05, 0) is 37.7 Å². The van der Waals surface area contributed by atoms with Crippen molar-refractivity contribution in [3.63, 3.8) is 0 Å². The Bertz CT molecular complexity index is 362. The summed E-state index contributed by atoms with van der Waals surface area (Å²) in [4.78, 5) is 10.5. The predicted molar refractivity (Wildman–Crippen MR) is 81.0 cm³/mol. The molecule has 0 aliphatic carbocycles. The van der Waals surface area contributed by atoms with Gasteiger partial charge in [-0.15, -0.1) is 0 Å². The summed E-state index contributed by atoms with van der Waals surface area (Å²) in [6, 6.07) is 10.6. The van der Waals surface area contributed by atoms with Crippen molar-refractivity contribution in [3.05, 3.63) is 35.9 Å². The standard InChI is InChI=1S/C17H26O3/c1-2-16(20-17(18)19)14-10-5-3-4-7-11-15-12-8-6-9-13-15/h6,8-9,12-13,16H,2-5,7,10-11,14H2,1H3,(H,18,19). The van der Waals surface area contributed by atoms with Crippen molar-refractivity contribution in [2.24, 2.45) is 0 Å². The SMILES string of the molecule is CCC(CCCCCCCc1ccccc1)OC(=O)O. The molecule has 0 aromatic heterocycles. The Morgan fingerprint density at radius 3 is 2.40 bits per heavy atom. The van der Waals surface area contributed by atoms with Crippen molar-refractivity contribution in [3.8, 4) is 0 Å². The van der Waals surface area contributed by atoms with Gasteiger partial charge in [0.1, 0.15) is 6.10 Å². The summed E-state index contributed by atoms with van der Waals surface area (Å²) >= 11 is 0. The van der Waals surface area contributed by atoms with Crippen LogP contribution in [-0.4, -0.2) is 17.4 Å². The van der Waals surface area contributed by atoms with Crippen LogP contribution in [0.3, 0.4) is 0 Å². The van der Waals surface area contributed by atoms with Crippen LogP contribution in [0.1, 0.15) is 57.4 Å². The number of rotatable bonds is 10. The summed E-state index contributed by atoms with van der Waals surface area (Å²) in [6.07, 6.45) is 7.39. The molecule has 0 fully saturated rings. The fourth-order valence-electron chi connectivity index (χ4n) is 2.37. The van der Waals surface area contributed by atoms with Gasteiger partial charge in [-0.1, -0.05) is 56.5 Å². The summed E-state index contributed by atoms with van der Waals surface area (Å²) in [5.41, 5.74) is 1.41. The average molecular weight is 278 g/mol. The maximum Gasteiger partial charge on any atom is 0.506 e. The fraction of sp³-hybridized carbons (Fsp3) is 0.588. The first-order valence-corrected chi connectivity index (χ1v) is 7.66. The zero-order valence-corrected chi connectivity index (χ0v) is 12.4. The van der Waals surface area contributed by atoms with Crippen molar-refractivity contribution >= 4 is 6.16 Å². The Morgan fingerprint density at radius 2 is 1.75 bits per heavy atom. The number of carbonyl (C=O) groups is 1. The number of hydrogen-bond donors (Lipinski definition) is 1. The van der Waals surface area contributed by atoms with Crippen molar-refractivity contribution in [2.45, 2.75) is 64.4 Å². The van der Waals surface area contributed by atoms with E-state index in [2.05, 4.69) is 24.3 Å². The van der Waals surface area contributed by atoms with Gasteiger partial charge in [0.2, 0.25) is 0 Å². The lowest BCUT2D eigenvalue weighted by Crippen LogP contribution is -2.15. The molecule has 1 aromatic rings. The largest absolute Gasteiger partial charge is 0.506 e. The zero-order valence-electron chi connectivity index (χ0n) is 12.4. The number of aryl methyl sites for hydroxylation is 1. The molecule has 3 heteroatoms. The van der Waals surface area contributed by atoms with Crippen LogP contribution in [0.25, 0.3) is 0 Å². The molecule has 1 N–H and O–H groups in total. The first-order chi connectivity index (χ1) is 9.72. The Kier molecular flexibility index (Phi) is 8.52. The number of carboxylic acid groups (broad SMARTS) is 1. The summed E-state index contributed by atoms with van der Waals surface area (Å²) in [7, 11) is 0. The normalized spacial score (nSPS) is 12.1. The van der Waals surface area contributed by atoms with Gasteiger partial charge < -0.3 is 9.84 Å². The molecule has 3 nitrogen and oxygen atoms in total. The zero-order chi connectivity index (χ0) is 14.6. The highest BCUT2D eigenvalue weighted by atomic mass is 16.7. The second kappa shape index (κ2) is 10.3. The van der Waals surface area contributed by atoms with Crippen molar-refractivity contribution < 1.29 is 14.6 Å². The van der Waals surface area contributed by atoms with Crippen LogP contribution in [-0.2, 0) is 11.2 Å². The summed E-state index contributed by atoms with van der Waals surface area (Å²) in [5, 5.41) is 8.57. The van der Waals surface area contributed by atoms with E-state index in [-0.39, 0.29) is 6.10 Å². The van der Waals surface area contributed by atoms with Gasteiger partial charge in [0, 0.05) is 0 Å². The van der Waals surface area contributed by atoms with Crippen LogP contribution in [0.4, 0.5) is 4.79 Å². The molecular formula is C17H26O3. The van der Waals surface area contributed by atoms with Crippen LogP contribution >= 0.6 is 0 Å². The van der Waals surface area contributed by atoms with Gasteiger partial charge in [-0.3, -0.25) is 0 Å². The molecule has 0 saturated carbocycles. The average Bonchev–Trinajstić information content (AvgIpc) is 2.45. The molecule has 0 amide bonds. The number of ether oxygens (including phenoxy) is 1. The van der Waals surface area contributed by atoms with Crippen LogP contribution < -0.4 is 0 Å². The Balaban J connectivity index is 1.98. The van der Waals surface area contributed by atoms with Gasteiger partial charge >= 0.3 is 6.16 Å². The smallest absolute Gasteiger partial charge is 0.450 e. The lowest BCUT2D eigenvalue weighted by Gasteiger charge is -2.13. The van der Waals surface area contributed by atoms with Crippen LogP contribution in [0.2, 0.25) is 0 Å². The molecular weight excluding hydrogens is 252 g/mol. The molecule has 1 rings (SSSR count). The topological polar surface area (TPSA) is 46.5 Å². The second-order valence-electron chi connectivity index (χ2n) is 5.21. The van der Waals surface area contributed by atoms with Gasteiger partial charge in [0.15, 0.2) is 0 Å². The maximum absolute atomic E-state index is 10.5. The number of hydrogen-bond acceptors (Lipinski definition) is 2. The van der Waals surface area contributed by atoms with Gasteiger partial charge in [-0.2, -0.15) is 0 Å². The number of benzene rings is 1. The fourth-order valence-corrected chi connectivity index (χ4v) is 2.37. The van der Waals surface area contributed by atoms with Crippen molar-refractivity contribution in [1.82, 2.24) is 0 Å². The molecule has 1 unspecified atom stereocenters. The van der Waals surface area contributed by atoms with Gasteiger partial charge in [0.25, 0.3) is 0 Å². The third-order valence-corrected chi connectivity index (χ3v) is 3.56. The van der Waals surface area contributed by atoms with E-state index < -0.39 is 6.16 Å². The minimum absolute atomic E-state index is 0.128. The predicted octanol–water partition coefficient (Wildman–Crippen LogP) is 5.04. The highest BCUT2D eigenvalue weighted by Gasteiger charge is 2.10. The lowest BCUT2D eigenvalue weighted by atomic mass is 10.0. The second-order valence-corrected chi connectivity index (χ2v) is 5.21. The van der Waals surface area contributed by atoms with E-state index in [1.54, 1.807) is 0 Å². The monoisotopic (exact) mass is 278 g/mol. The van der Waals surface area contributed by atoms with E-state index in [9.17, 15) is 4.79 Å². The summed E-state index contributed by atoms with van der Waals surface area (Å²) < 4.78 is 4.80. The van der Waals surface area contributed by atoms with E-state index in [4.69, 9.17) is 9.84 Å². The molecule has 0 heterocycles. The molecule has 0 aliphatic heterocycles.